The third-order valence-corrected chi connectivity index (χ3v) is 3.24. The van der Waals surface area contributed by atoms with E-state index in [0.717, 1.165) is 22.4 Å². The summed E-state index contributed by atoms with van der Waals surface area (Å²) in [6, 6.07) is 16.1. The van der Waals surface area contributed by atoms with E-state index in [4.69, 9.17) is 10.5 Å². The fraction of sp³-hybridized carbons (Fsp3) is 0.235. The number of ether oxygens (including phenoxy) is 1. The molecule has 0 radical (unpaired) electrons. The van der Waals surface area contributed by atoms with Gasteiger partial charge in [-0.15, -0.1) is 12.4 Å². The molecule has 2 aromatic carbocycles. The van der Waals surface area contributed by atoms with Crippen LogP contribution >= 0.6 is 12.4 Å². The maximum Gasteiger partial charge on any atom is 0.221 e. The highest BCUT2D eigenvalue weighted by Crippen LogP contribution is 2.22. The van der Waals surface area contributed by atoms with Gasteiger partial charge in [-0.3, -0.25) is 4.79 Å². The van der Waals surface area contributed by atoms with Gasteiger partial charge in [-0.25, -0.2) is 0 Å². The number of methoxy groups -OCH3 is 1. The smallest absolute Gasteiger partial charge is 0.221 e. The molecular weight excluding hydrogens is 300 g/mol. The van der Waals surface area contributed by atoms with Crippen molar-refractivity contribution in [2.24, 2.45) is 5.73 Å². The van der Waals surface area contributed by atoms with Crippen molar-refractivity contribution in [3.8, 4) is 16.9 Å². The first-order chi connectivity index (χ1) is 10.2. The van der Waals surface area contributed by atoms with E-state index >= 15 is 0 Å². The molecule has 22 heavy (non-hydrogen) atoms. The summed E-state index contributed by atoms with van der Waals surface area (Å²) in [5, 5.41) is 2.84. The summed E-state index contributed by atoms with van der Waals surface area (Å²) < 4.78 is 5.15. The standard InChI is InChI=1S/C17H20N2O2.ClH/c1-21-16-8-6-15(7-9-16)14-4-2-13(3-5-14)12-19-17(20)10-11-18;/h2-9H,10-12,18H2,1H3,(H,19,20);1H. The molecule has 0 aliphatic carbocycles. The topological polar surface area (TPSA) is 64.3 Å². The Hall–Kier alpha value is -2.04. The molecule has 0 aromatic heterocycles. The Balaban J connectivity index is 0.00000242. The van der Waals surface area contributed by atoms with E-state index in [1.165, 1.54) is 0 Å². The third-order valence-electron chi connectivity index (χ3n) is 3.24. The third kappa shape index (κ3) is 5.06. The molecule has 118 valence electrons. The normalized spacial score (nSPS) is 9.73. The minimum Gasteiger partial charge on any atom is -0.497 e. The van der Waals surface area contributed by atoms with E-state index in [-0.39, 0.29) is 18.3 Å². The van der Waals surface area contributed by atoms with Crippen molar-refractivity contribution in [1.82, 2.24) is 5.32 Å². The molecular formula is C17H21ClN2O2. The van der Waals surface area contributed by atoms with Crippen LogP contribution in [-0.2, 0) is 11.3 Å². The van der Waals surface area contributed by atoms with E-state index < -0.39 is 0 Å². The summed E-state index contributed by atoms with van der Waals surface area (Å²) >= 11 is 0. The maximum absolute atomic E-state index is 11.4. The molecule has 0 atom stereocenters. The van der Waals surface area contributed by atoms with E-state index in [1.54, 1.807) is 7.11 Å². The van der Waals surface area contributed by atoms with Crippen molar-refractivity contribution < 1.29 is 9.53 Å². The van der Waals surface area contributed by atoms with Gasteiger partial charge in [0, 0.05) is 19.5 Å². The molecule has 2 rings (SSSR count). The highest BCUT2D eigenvalue weighted by atomic mass is 35.5. The summed E-state index contributed by atoms with van der Waals surface area (Å²) in [6.45, 7) is 0.907. The van der Waals surface area contributed by atoms with Crippen molar-refractivity contribution >= 4 is 18.3 Å². The van der Waals surface area contributed by atoms with E-state index in [2.05, 4.69) is 5.32 Å². The van der Waals surface area contributed by atoms with E-state index in [9.17, 15) is 4.79 Å². The number of carbonyl (C=O) groups is 1. The van der Waals surface area contributed by atoms with Crippen LogP contribution in [0.15, 0.2) is 48.5 Å². The molecule has 0 bridgehead atoms. The average Bonchev–Trinajstić information content (AvgIpc) is 2.54. The zero-order valence-corrected chi connectivity index (χ0v) is 13.4. The SMILES string of the molecule is COc1ccc(-c2ccc(CNC(=O)CCN)cc2)cc1.Cl. The number of hydrogen-bond acceptors (Lipinski definition) is 3. The van der Waals surface area contributed by atoms with Crippen LogP contribution in [0.5, 0.6) is 5.75 Å². The molecule has 5 heteroatoms. The van der Waals surface area contributed by atoms with Crippen LogP contribution in [0.2, 0.25) is 0 Å². The Bertz CT molecular complexity index is 583. The molecule has 3 N–H and O–H groups in total. The fourth-order valence-corrected chi connectivity index (χ4v) is 2.02. The van der Waals surface area contributed by atoms with Crippen molar-refractivity contribution in [1.29, 1.82) is 0 Å². The van der Waals surface area contributed by atoms with Crippen LogP contribution < -0.4 is 15.8 Å². The Morgan fingerprint density at radius 2 is 1.59 bits per heavy atom. The lowest BCUT2D eigenvalue weighted by atomic mass is 10.0. The number of rotatable bonds is 6. The molecule has 0 aliphatic rings. The molecule has 0 aliphatic heterocycles. The van der Waals surface area contributed by atoms with Crippen molar-refractivity contribution in [2.75, 3.05) is 13.7 Å². The lowest BCUT2D eigenvalue weighted by Gasteiger charge is -2.07. The quantitative estimate of drug-likeness (QED) is 0.860. The predicted molar refractivity (Wildman–Crippen MR) is 91.2 cm³/mol. The number of nitrogens with one attached hydrogen (secondary N) is 1. The van der Waals surface area contributed by atoms with Crippen LogP contribution in [0.3, 0.4) is 0 Å². The predicted octanol–water partition coefficient (Wildman–Crippen LogP) is 2.75. The largest absolute Gasteiger partial charge is 0.497 e. The number of amides is 1. The molecule has 0 heterocycles. The molecule has 2 aromatic rings. The monoisotopic (exact) mass is 320 g/mol. The Labute approximate surface area is 137 Å². The molecule has 0 saturated heterocycles. The zero-order chi connectivity index (χ0) is 15.1. The van der Waals surface area contributed by atoms with Gasteiger partial charge in [0.25, 0.3) is 0 Å². The number of halogens is 1. The van der Waals surface area contributed by atoms with Gasteiger partial charge in [0.1, 0.15) is 5.75 Å². The van der Waals surface area contributed by atoms with Gasteiger partial charge in [-0.2, -0.15) is 0 Å². The second-order valence-corrected chi connectivity index (χ2v) is 4.74. The number of carbonyl (C=O) groups excluding carboxylic acids is 1. The Morgan fingerprint density at radius 1 is 1.05 bits per heavy atom. The van der Waals surface area contributed by atoms with E-state index in [0.29, 0.717) is 19.5 Å². The average molecular weight is 321 g/mol. The van der Waals surface area contributed by atoms with Crippen LogP contribution in [0, 0.1) is 0 Å². The zero-order valence-electron chi connectivity index (χ0n) is 12.5. The van der Waals surface area contributed by atoms with Gasteiger partial charge in [0.2, 0.25) is 5.91 Å². The number of nitrogens with two attached hydrogens (primary N) is 1. The lowest BCUT2D eigenvalue weighted by Crippen LogP contribution is -2.24. The van der Waals surface area contributed by atoms with Crippen molar-refractivity contribution in [3.05, 3.63) is 54.1 Å². The highest BCUT2D eigenvalue weighted by molar-refractivity contribution is 5.85. The summed E-state index contributed by atoms with van der Waals surface area (Å²) in [6.07, 6.45) is 0.365. The van der Waals surface area contributed by atoms with Crippen molar-refractivity contribution in [3.63, 3.8) is 0 Å². The molecule has 0 fully saturated rings. The Morgan fingerprint density at radius 3 is 2.09 bits per heavy atom. The Kier molecular flexibility index (Phi) is 7.43. The first kappa shape index (κ1) is 18.0. The molecule has 0 spiro atoms. The fourth-order valence-electron chi connectivity index (χ4n) is 2.02. The van der Waals surface area contributed by atoms with E-state index in [1.807, 2.05) is 48.5 Å². The summed E-state index contributed by atoms with van der Waals surface area (Å²) in [7, 11) is 1.66. The molecule has 1 amide bonds. The van der Waals surface area contributed by atoms with Gasteiger partial charge in [-0.1, -0.05) is 36.4 Å². The van der Waals surface area contributed by atoms with Crippen LogP contribution in [0.25, 0.3) is 11.1 Å². The summed E-state index contributed by atoms with van der Waals surface area (Å²) in [4.78, 5) is 11.4. The second kappa shape index (κ2) is 9.07. The first-order valence-corrected chi connectivity index (χ1v) is 6.93. The summed E-state index contributed by atoms with van der Waals surface area (Å²) in [5.41, 5.74) is 8.67. The van der Waals surface area contributed by atoms with Gasteiger partial charge >= 0.3 is 0 Å². The van der Waals surface area contributed by atoms with Gasteiger partial charge in [0.15, 0.2) is 0 Å². The van der Waals surface area contributed by atoms with Gasteiger partial charge in [0.05, 0.1) is 7.11 Å². The van der Waals surface area contributed by atoms with Crippen molar-refractivity contribution in [2.45, 2.75) is 13.0 Å². The second-order valence-electron chi connectivity index (χ2n) is 4.74. The number of hydrogen-bond donors (Lipinski definition) is 2. The maximum atomic E-state index is 11.4. The van der Waals surface area contributed by atoms with Gasteiger partial charge in [-0.05, 0) is 28.8 Å². The lowest BCUT2D eigenvalue weighted by molar-refractivity contribution is -0.121. The molecule has 4 nitrogen and oxygen atoms in total. The first-order valence-electron chi connectivity index (χ1n) is 6.93. The minimum absolute atomic E-state index is 0. The minimum atomic E-state index is -0.0169. The highest BCUT2D eigenvalue weighted by Gasteiger charge is 2.01. The molecule has 0 unspecified atom stereocenters. The van der Waals surface area contributed by atoms with Gasteiger partial charge < -0.3 is 15.8 Å². The van der Waals surface area contributed by atoms with Crippen LogP contribution in [0.1, 0.15) is 12.0 Å². The molecule has 0 saturated carbocycles. The van der Waals surface area contributed by atoms with Crippen LogP contribution in [-0.4, -0.2) is 19.6 Å². The summed E-state index contributed by atoms with van der Waals surface area (Å²) in [5.74, 6) is 0.828. The van der Waals surface area contributed by atoms with Crippen LogP contribution in [0.4, 0.5) is 0 Å². The number of benzene rings is 2.